The molecule has 0 heterocycles. The predicted octanol–water partition coefficient (Wildman–Crippen LogP) is 3.39. The largest absolute Gasteiger partial charge is 0.496 e. The third-order valence-corrected chi connectivity index (χ3v) is 2.81. The van der Waals surface area contributed by atoms with Crippen molar-refractivity contribution >= 4 is 5.69 Å². The number of hydrogen-bond acceptors (Lipinski definition) is 2. The van der Waals surface area contributed by atoms with E-state index in [9.17, 15) is 4.39 Å². The van der Waals surface area contributed by atoms with E-state index in [0.29, 0.717) is 5.69 Å². The molecule has 0 aliphatic heterocycles. The zero-order valence-corrected chi connectivity index (χ0v) is 9.83. The third-order valence-electron chi connectivity index (χ3n) is 2.81. The normalized spacial score (nSPS) is 10.3. The van der Waals surface area contributed by atoms with E-state index in [1.54, 1.807) is 19.2 Å². The molecule has 2 aromatic rings. The van der Waals surface area contributed by atoms with E-state index in [1.165, 1.54) is 12.1 Å². The van der Waals surface area contributed by atoms with Crippen molar-refractivity contribution < 1.29 is 9.13 Å². The smallest absolute Gasteiger partial charge is 0.131 e. The first-order chi connectivity index (χ1) is 8.13. The topological polar surface area (TPSA) is 35.2 Å². The van der Waals surface area contributed by atoms with Crippen LogP contribution in [0.1, 0.15) is 5.56 Å². The SMILES string of the molecule is COc1c(-c2ccc(F)cc2)ccc(N)c1C. The maximum Gasteiger partial charge on any atom is 0.131 e. The lowest BCUT2D eigenvalue weighted by atomic mass is 10.0. The van der Waals surface area contributed by atoms with Crippen LogP contribution in [0, 0.1) is 12.7 Å². The minimum absolute atomic E-state index is 0.250. The summed E-state index contributed by atoms with van der Waals surface area (Å²) < 4.78 is 18.2. The van der Waals surface area contributed by atoms with E-state index in [-0.39, 0.29) is 5.82 Å². The van der Waals surface area contributed by atoms with Crippen molar-refractivity contribution in [3.05, 3.63) is 47.8 Å². The number of methoxy groups -OCH3 is 1. The molecule has 0 aliphatic rings. The molecule has 3 heteroatoms. The molecule has 2 aromatic carbocycles. The predicted molar refractivity (Wildman–Crippen MR) is 67.5 cm³/mol. The molecule has 0 bridgehead atoms. The Hall–Kier alpha value is -2.03. The van der Waals surface area contributed by atoms with Gasteiger partial charge in [-0.1, -0.05) is 12.1 Å². The summed E-state index contributed by atoms with van der Waals surface area (Å²) in [6, 6.07) is 10.0. The van der Waals surface area contributed by atoms with Crippen LogP contribution in [0.4, 0.5) is 10.1 Å². The van der Waals surface area contributed by atoms with E-state index < -0.39 is 0 Å². The number of halogens is 1. The monoisotopic (exact) mass is 231 g/mol. The number of ether oxygens (including phenoxy) is 1. The molecule has 2 nitrogen and oxygen atoms in total. The zero-order chi connectivity index (χ0) is 12.4. The molecule has 0 fully saturated rings. The molecule has 17 heavy (non-hydrogen) atoms. The summed E-state index contributed by atoms with van der Waals surface area (Å²) in [4.78, 5) is 0. The Morgan fingerprint density at radius 3 is 2.29 bits per heavy atom. The van der Waals surface area contributed by atoms with Crippen LogP contribution < -0.4 is 10.5 Å². The minimum Gasteiger partial charge on any atom is -0.496 e. The first kappa shape index (κ1) is 11.5. The molecule has 0 saturated carbocycles. The van der Waals surface area contributed by atoms with Crippen LogP contribution in [0.2, 0.25) is 0 Å². The standard InChI is InChI=1S/C14H14FNO/c1-9-13(16)8-7-12(14(9)17-2)10-3-5-11(15)6-4-10/h3-8H,16H2,1-2H3. The Morgan fingerprint density at radius 1 is 1.06 bits per heavy atom. The molecule has 88 valence electrons. The van der Waals surface area contributed by atoms with Gasteiger partial charge in [0.15, 0.2) is 0 Å². The highest BCUT2D eigenvalue weighted by atomic mass is 19.1. The molecular weight excluding hydrogens is 217 g/mol. The van der Waals surface area contributed by atoms with Crippen LogP contribution in [0.3, 0.4) is 0 Å². The van der Waals surface area contributed by atoms with Crippen molar-refractivity contribution in [2.75, 3.05) is 12.8 Å². The Labute approximate surface area is 99.8 Å². The summed E-state index contributed by atoms with van der Waals surface area (Å²) in [6.07, 6.45) is 0. The lowest BCUT2D eigenvalue weighted by Crippen LogP contribution is -1.96. The number of benzene rings is 2. The maximum atomic E-state index is 12.9. The molecular formula is C14H14FNO. The quantitative estimate of drug-likeness (QED) is 0.804. The van der Waals surface area contributed by atoms with Crippen molar-refractivity contribution in [3.63, 3.8) is 0 Å². The van der Waals surface area contributed by atoms with Gasteiger partial charge in [0.1, 0.15) is 11.6 Å². The average molecular weight is 231 g/mol. The average Bonchev–Trinajstić information content (AvgIpc) is 2.34. The molecule has 2 N–H and O–H groups in total. The first-order valence-corrected chi connectivity index (χ1v) is 5.32. The lowest BCUT2D eigenvalue weighted by Gasteiger charge is -2.13. The molecule has 0 saturated heterocycles. The summed E-state index contributed by atoms with van der Waals surface area (Å²) in [7, 11) is 1.61. The second-order valence-electron chi connectivity index (χ2n) is 3.87. The fraction of sp³-hybridized carbons (Fsp3) is 0.143. The third kappa shape index (κ3) is 2.09. The van der Waals surface area contributed by atoms with Gasteiger partial charge < -0.3 is 10.5 Å². The van der Waals surface area contributed by atoms with Crippen molar-refractivity contribution in [1.82, 2.24) is 0 Å². The van der Waals surface area contributed by atoms with Gasteiger partial charge in [0, 0.05) is 16.8 Å². The van der Waals surface area contributed by atoms with E-state index in [1.807, 2.05) is 19.1 Å². The Balaban J connectivity index is 2.59. The zero-order valence-electron chi connectivity index (χ0n) is 9.83. The Morgan fingerprint density at radius 2 is 1.71 bits per heavy atom. The molecule has 2 rings (SSSR count). The van der Waals surface area contributed by atoms with E-state index >= 15 is 0 Å². The molecule has 0 radical (unpaired) electrons. The molecule has 0 atom stereocenters. The van der Waals surface area contributed by atoms with Crippen molar-refractivity contribution in [3.8, 4) is 16.9 Å². The van der Waals surface area contributed by atoms with Gasteiger partial charge >= 0.3 is 0 Å². The van der Waals surface area contributed by atoms with Crippen LogP contribution in [0.25, 0.3) is 11.1 Å². The van der Waals surface area contributed by atoms with Crippen molar-refractivity contribution in [2.24, 2.45) is 0 Å². The highest BCUT2D eigenvalue weighted by Gasteiger charge is 2.10. The van der Waals surface area contributed by atoms with Gasteiger partial charge in [-0.15, -0.1) is 0 Å². The van der Waals surface area contributed by atoms with E-state index in [0.717, 1.165) is 22.4 Å². The number of anilines is 1. The van der Waals surface area contributed by atoms with Gasteiger partial charge in [-0.25, -0.2) is 4.39 Å². The molecule has 0 aromatic heterocycles. The summed E-state index contributed by atoms with van der Waals surface area (Å²) in [5.74, 6) is 0.483. The maximum absolute atomic E-state index is 12.9. The van der Waals surface area contributed by atoms with Crippen LogP contribution in [-0.4, -0.2) is 7.11 Å². The fourth-order valence-electron chi connectivity index (χ4n) is 1.83. The van der Waals surface area contributed by atoms with Gasteiger partial charge in [-0.05, 0) is 36.8 Å². The highest BCUT2D eigenvalue weighted by Crippen LogP contribution is 2.35. The summed E-state index contributed by atoms with van der Waals surface area (Å²) >= 11 is 0. The van der Waals surface area contributed by atoms with Gasteiger partial charge in [-0.2, -0.15) is 0 Å². The van der Waals surface area contributed by atoms with Crippen LogP contribution in [0.15, 0.2) is 36.4 Å². The molecule has 0 unspecified atom stereocenters. The Kier molecular flexibility index (Phi) is 3.00. The summed E-state index contributed by atoms with van der Waals surface area (Å²) in [5, 5.41) is 0. The van der Waals surface area contributed by atoms with E-state index in [2.05, 4.69) is 0 Å². The molecule has 0 aliphatic carbocycles. The number of nitrogen functional groups attached to an aromatic ring is 1. The van der Waals surface area contributed by atoms with Gasteiger partial charge in [-0.3, -0.25) is 0 Å². The molecule has 0 spiro atoms. The van der Waals surface area contributed by atoms with Gasteiger partial charge in [0.25, 0.3) is 0 Å². The summed E-state index contributed by atoms with van der Waals surface area (Å²) in [6.45, 7) is 1.90. The van der Waals surface area contributed by atoms with Crippen molar-refractivity contribution in [1.29, 1.82) is 0 Å². The second-order valence-corrected chi connectivity index (χ2v) is 3.87. The van der Waals surface area contributed by atoms with Crippen LogP contribution >= 0.6 is 0 Å². The fourth-order valence-corrected chi connectivity index (χ4v) is 1.83. The summed E-state index contributed by atoms with van der Waals surface area (Å²) in [5.41, 5.74) is 9.24. The van der Waals surface area contributed by atoms with Crippen molar-refractivity contribution in [2.45, 2.75) is 6.92 Å². The van der Waals surface area contributed by atoms with Crippen LogP contribution in [0.5, 0.6) is 5.75 Å². The van der Waals surface area contributed by atoms with Gasteiger partial charge in [0.05, 0.1) is 7.11 Å². The number of nitrogens with two attached hydrogens (primary N) is 1. The van der Waals surface area contributed by atoms with Crippen LogP contribution in [-0.2, 0) is 0 Å². The molecule has 0 amide bonds. The highest BCUT2D eigenvalue weighted by molar-refractivity contribution is 5.75. The number of hydrogen-bond donors (Lipinski definition) is 1. The van der Waals surface area contributed by atoms with E-state index in [4.69, 9.17) is 10.5 Å². The van der Waals surface area contributed by atoms with Gasteiger partial charge in [0.2, 0.25) is 0 Å². The Bertz CT molecular complexity index is 535. The lowest BCUT2D eigenvalue weighted by molar-refractivity contribution is 0.413. The minimum atomic E-state index is -0.250. The number of rotatable bonds is 2. The second kappa shape index (κ2) is 4.45. The first-order valence-electron chi connectivity index (χ1n) is 5.32.